The molecule has 1 aromatic carbocycles. The lowest BCUT2D eigenvalue weighted by molar-refractivity contribution is 0.315. The topological polar surface area (TPSA) is 42.2 Å². The van der Waals surface area contributed by atoms with Gasteiger partial charge in [-0.05, 0) is 42.7 Å². The van der Waals surface area contributed by atoms with Gasteiger partial charge in [0.1, 0.15) is 23.3 Å². The predicted octanol–water partition coefficient (Wildman–Crippen LogP) is 2.27. The van der Waals surface area contributed by atoms with Crippen LogP contribution in [0, 0.1) is 0 Å². The molecule has 0 aliphatic carbocycles. The maximum atomic E-state index is 7.77. The van der Waals surface area contributed by atoms with Gasteiger partial charge < -0.3 is 4.90 Å². The number of thiocarbonyl (C=S) groups is 1. The first-order valence-electron chi connectivity index (χ1n) is 7.14. The largest absolute Gasteiger partial charge is 0.362 e. The molecule has 1 fully saturated rings. The standard InChI is InChI=1S/C13H16BN3OS/c1-17(10-4-6-14-7-5-10)13(19)9-2-3-11-12(8-9)16-18-15-11/h2-3,8,10,14H,4-7H2,1H3/i14D. The molecular formula is C13H16BN3OS. The van der Waals surface area contributed by atoms with Crippen molar-refractivity contribution in [2.45, 2.75) is 31.5 Å². The van der Waals surface area contributed by atoms with Gasteiger partial charge in [-0.2, -0.15) is 0 Å². The van der Waals surface area contributed by atoms with E-state index in [1.165, 1.54) is 0 Å². The van der Waals surface area contributed by atoms with Gasteiger partial charge in [0.05, 0.1) is 0 Å². The van der Waals surface area contributed by atoms with Crippen molar-refractivity contribution in [2.24, 2.45) is 0 Å². The Morgan fingerprint density at radius 1 is 1.42 bits per heavy atom. The number of benzene rings is 1. The number of aromatic nitrogens is 2. The summed E-state index contributed by atoms with van der Waals surface area (Å²) in [5, 5.41) is 7.65. The Morgan fingerprint density at radius 2 is 2.16 bits per heavy atom. The zero-order chi connectivity index (χ0) is 14.1. The van der Waals surface area contributed by atoms with Crippen molar-refractivity contribution in [1.82, 2.24) is 15.2 Å². The number of hydrogen-bond donors (Lipinski definition) is 0. The van der Waals surface area contributed by atoms with Gasteiger partial charge in [0.15, 0.2) is 0 Å². The van der Waals surface area contributed by atoms with E-state index in [1.807, 2.05) is 25.2 Å². The molecule has 0 N–H and O–H groups in total. The monoisotopic (exact) mass is 274 g/mol. The second kappa shape index (κ2) is 5.29. The molecule has 0 atom stereocenters. The molecule has 1 aliphatic rings. The Kier molecular flexibility index (Phi) is 3.17. The molecule has 19 heavy (non-hydrogen) atoms. The first-order valence-corrected chi connectivity index (χ1v) is 6.97. The van der Waals surface area contributed by atoms with E-state index in [4.69, 9.17) is 18.2 Å². The molecule has 1 saturated heterocycles. The summed E-state index contributed by atoms with van der Waals surface area (Å²) in [4.78, 5) is 2.99. The molecule has 4 nitrogen and oxygen atoms in total. The molecular weight excluding hydrogens is 257 g/mol. The lowest BCUT2D eigenvalue weighted by atomic mass is 9.63. The fourth-order valence-corrected chi connectivity index (χ4v) is 2.86. The third-order valence-electron chi connectivity index (χ3n) is 3.78. The average Bonchev–Trinajstić information content (AvgIpc) is 2.94. The van der Waals surface area contributed by atoms with Crippen LogP contribution in [0.15, 0.2) is 22.8 Å². The average molecular weight is 274 g/mol. The minimum absolute atomic E-state index is 0.103. The summed E-state index contributed by atoms with van der Waals surface area (Å²) in [5.74, 6) is 0. The lowest BCUT2D eigenvalue weighted by Gasteiger charge is -2.33. The minimum atomic E-state index is 0.103. The fourth-order valence-electron chi connectivity index (χ4n) is 2.58. The number of rotatable bonds is 2. The number of hydrogen-bond acceptors (Lipinski definition) is 4. The summed E-state index contributed by atoms with van der Waals surface area (Å²) >= 11 is 5.59. The molecule has 0 amide bonds. The molecule has 2 heterocycles. The zero-order valence-corrected chi connectivity index (χ0v) is 11.7. The van der Waals surface area contributed by atoms with Crippen molar-refractivity contribution in [1.29, 1.82) is 1.34 Å². The van der Waals surface area contributed by atoms with Gasteiger partial charge in [-0.3, -0.25) is 0 Å². The van der Waals surface area contributed by atoms with Gasteiger partial charge in [-0.15, -0.1) is 0 Å². The van der Waals surface area contributed by atoms with Gasteiger partial charge in [0.25, 0.3) is 0 Å². The smallest absolute Gasteiger partial charge is 0.135 e. The molecule has 0 saturated carbocycles. The maximum absolute atomic E-state index is 7.77. The Morgan fingerprint density at radius 3 is 2.95 bits per heavy atom. The minimum Gasteiger partial charge on any atom is -0.362 e. The lowest BCUT2D eigenvalue weighted by Crippen LogP contribution is -2.38. The Balaban J connectivity index is 1.77. The van der Waals surface area contributed by atoms with E-state index in [0.717, 1.165) is 47.1 Å². The molecule has 6 heteroatoms. The SMILES string of the molecule is [2H]B1CCC(N(C)C(=S)c2ccc3nonc3c2)CC1. The molecule has 2 aromatic rings. The highest BCUT2D eigenvalue weighted by Crippen LogP contribution is 2.21. The summed E-state index contributed by atoms with van der Waals surface area (Å²) in [5.41, 5.74) is 2.45. The fraction of sp³-hybridized carbons (Fsp3) is 0.462. The van der Waals surface area contributed by atoms with Crippen LogP contribution in [0.2, 0.25) is 12.6 Å². The second-order valence-corrected chi connectivity index (χ2v) is 5.37. The van der Waals surface area contributed by atoms with E-state index >= 15 is 0 Å². The summed E-state index contributed by atoms with van der Waals surface area (Å²) < 4.78 is 12.5. The van der Waals surface area contributed by atoms with Crippen LogP contribution in [-0.4, -0.2) is 41.9 Å². The summed E-state index contributed by atoms with van der Waals surface area (Å²) in [6.07, 6.45) is 4.00. The van der Waals surface area contributed by atoms with Crippen LogP contribution >= 0.6 is 12.2 Å². The van der Waals surface area contributed by atoms with E-state index in [0.29, 0.717) is 6.04 Å². The third-order valence-corrected chi connectivity index (χ3v) is 4.30. The van der Waals surface area contributed by atoms with Crippen molar-refractivity contribution in [2.75, 3.05) is 7.05 Å². The molecule has 0 unspecified atom stereocenters. The Bertz CT molecular complexity index is 627. The normalized spacial score (nSPS) is 17.5. The summed E-state index contributed by atoms with van der Waals surface area (Å²) in [6.45, 7) is 0. The third kappa shape index (κ3) is 2.49. The highest BCUT2D eigenvalue weighted by atomic mass is 32.1. The van der Waals surface area contributed by atoms with Crippen LogP contribution in [0.5, 0.6) is 0 Å². The van der Waals surface area contributed by atoms with Crippen LogP contribution in [0.1, 0.15) is 18.4 Å². The van der Waals surface area contributed by atoms with E-state index in [1.54, 1.807) is 0 Å². The van der Waals surface area contributed by atoms with Gasteiger partial charge in [0, 0.05) is 18.7 Å². The molecule has 3 rings (SSSR count). The zero-order valence-electron chi connectivity index (χ0n) is 11.9. The van der Waals surface area contributed by atoms with Crippen LogP contribution in [0.3, 0.4) is 0 Å². The Labute approximate surface area is 119 Å². The molecule has 0 bridgehead atoms. The van der Waals surface area contributed by atoms with Gasteiger partial charge in [-0.25, -0.2) is 4.63 Å². The van der Waals surface area contributed by atoms with E-state index in [2.05, 4.69) is 15.2 Å². The van der Waals surface area contributed by atoms with Crippen LogP contribution in [-0.2, 0) is 0 Å². The maximum Gasteiger partial charge on any atom is 0.135 e. The van der Waals surface area contributed by atoms with E-state index in [9.17, 15) is 0 Å². The quantitative estimate of drug-likeness (QED) is 0.620. The van der Waals surface area contributed by atoms with Crippen molar-refractivity contribution < 1.29 is 4.63 Å². The Hall–Kier alpha value is -1.43. The summed E-state index contributed by atoms with van der Waals surface area (Å²) in [6, 6.07) is 6.19. The molecule has 0 spiro atoms. The van der Waals surface area contributed by atoms with Crippen molar-refractivity contribution >= 4 is 35.5 Å². The van der Waals surface area contributed by atoms with Gasteiger partial charge in [-0.1, -0.05) is 24.9 Å². The number of nitrogens with zero attached hydrogens (tertiary/aromatic N) is 3. The number of fused-ring (bicyclic) bond motifs is 1. The van der Waals surface area contributed by atoms with Crippen molar-refractivity contribution in [3.05, 3.63) is 23.8 Å². The summed E-state index contributed by atoms with van der Waals surface area (Å²) in [7, 11) is 2.15. The molecule has 1 aromatic heterocycles. The van der Waals surface area contributed by atoms with E-state index < -0.39 is 0 Å². The van der Waals surface area contributed by atoms with Crippen molar-refractivity contribution in [3.63, 3.8) is 0 Å². The highest BCUT2D eigenvalue weighted by molar-refractivity contribution is 7.80. The first kappa shape index (κ1) is 11.4. The first-order chi connectivity index (χ1) is 9.65. The van der Waals surface area contributed by atoms with Crippen molar-refractivity contribution in [3.8, 4) is 0 Å². The van der Waals surface area contributed by atoms with Gasteiger partial charge in [0.2, 0.25) is 0 Å². The van der Waals surface area contributed by atoms with Crippen LogP contribution in [0.25, 0.3) is 11.0 Å². The molecule has 1 aliphatic heterocycles. The molecule has 0 radical (unpaired) electrons. The van der Waals surface area contributed by atoms with Crippen LogP contribution in [0.4, 0.5) is 0 Å². The highest BCUT2D eigenvalue weighted by Gasteiger charge is 2.21. The van der Waals surface area contributed by atoms with E-state index in [-0.39, 0.29) is 7.24 Å². The van der Waals surface area contributed by atoms with Crippen LogP contribution < -0.4 is 0 Å². The van der Waals surface area contributed by atoms with Gasteiger partial charge >= 0.3 is 0 Å². The second-order valence-electron chi connectivity index (χ2n) is 4.98. The molecule has 98 valence electrons. The predicted molar refractivity (Wildman–Crippen MR) is 81.1 cm³/mol.